The summed E-state index contributed by atoms with van der Waals surface area (Å²) in [5, 5.41) is 18.3. The molecular formula is C8H15O2. The average molecular weight is 143 g/mol. The number of allylic oxidation sites excluding steroid dienone is 1. The van der Waals surface area contributed by atoms with Crippen LogP contribution in [0, 0.1) is 6.92 Å². The van der Waals surface area contributed by atoms with Crippen molar-refractivity contribution in [2.45, 2.75) is 32.0 Å². The summed E-state index contributed by atoms with van der Waals surface area (Å²) in [6.07, 6.45) is 3.11. The lowest BCUT2D eigenvalue weighted by molar-refractivity contribution is -0.0226. The van der Waals surface area contributed by atoms with Crippen LogP contribution in [0.4, 0.5) is 0 Å². The first-order valence-corrected chi connectivity index (χ1v) is 3.35. The van der Waals surface area contributed by atoms with E-state index in [0.717, 1.165) is 0 Å². The van der Waals surface area contributed by atoms with Crippen molar-refractivity contribution in [3.05, 3.63) is 19.1 Å². The molecule has 0 aromatic heterocycles. The third-order valence-electron chi connectivity index (χ3n) is 1.21. The molecule has 10 heavy (non-hydrogen) atoms. The molecule has 2 heteroatoms. The lowest BCUT2D eigenvalue weighted by Gasteiger charge is -2.21. The molecule has 59 valence electrons. The zero-order chi connectivity index (χ0) is 8.20. The lowest BCUT2D eigenvalue weighted by atomic mass is 10.0. The van der Waals surface area contributed by atoms with Crippen LogP contribution in [0.1, 0.15) is 20.3 Å². The number of aliphatic hydroxyl groups is 2. The van der Waals surface area contributed by atoms with Crippen molar-refractivity contribution in [1.82, 2.24) is 0 Å². The molecule has 1 radical (unpaired) electrons. The van der Waals surface area contributed by atoms with Crippen LogP contribution in [0.3, 0.4) is 0 Å². The molecule has 0 bridgehead atoms. The highest BCUT2D eigenvalue weighted by atomic mass is 16.3. The fourth-order valence-corrected chi connectivity index (χ4v) is 0.461. The van der Waals surface area contributed by atoms with Crippen molar-refractivity contribution in [2.75, 3.05) is 0 Å². The van der Waals surface area contributed by atoms with E-state index < -0.39 is 11.7 Å². The second-order valence-corrected chi connectivity index (χ2v) is 2.82. The molecule has 2 N–H and O–H groups in total. The van der Waals surface area contributed by atoms with Gasteiger partial charge in [-0.25, -0.2) is 0 Å². The zero-order valence-corrected chi connectivity index (χ0v) is 6.54. The van der Waals surface area contributed by atoms with Gasteiger partial charge in [0.15, 0.2) is 0 Å². The molecule has 0 amide bonds. The Bertz CT molecular complexity index is 111. The second-order valence-electron chi connectivity index (χ2n) is 2.82. The molecule has 0 rings (SSSR count). The van der Waals surface area contributed by atoms with Crippen LogP contribution < -0.4 is 0 Å². The Kier molecular flexibility index (Phi) is 3.61. The van der Waals surface area contributed by atoms with E-state index in [2.05, 4.69) is 6.92 Å². The predicted octanol–water partition coefficient (Wildman–Crippen LogP) is 0.899. The van der Waals surface area contributed by atoms with E-state index in [9.17, 15) is 5.11 Å². The van der Waals surface area contributed by atoms with Gasteiger partial charge >= 0.3 is 0 Å². The standard InChI is InChI=1S/C8H15O2/c1-4-5-6-7(9)8(2,3)10/h5-7,9-10H,1,4H2,2-3H3. The van der Waals surface area contributed by atoms with Crippen molar-refractivity contribution in [3.8, 4) is 0 Å². The van der Waals surface area contributed by atoms with Gasteiger partial charge in [-0.15, -0.1) is 0 Å². The molecule has 0 saturated carbocycles. The molecular weight excluding hydrogens is 128 g/mol. The molecule has 2 nitrogen and oxygen atoms in total. The minimum atomic E-state index is -1.05. The van der Waals surface area contributed by atoms with E-state index in [0.29, 0.717) is 6.42 Å². The molecule has 0 aromatic rings. The van der Waals surface area contributed by atoms with Crippen LogP contribution in [-0.2, 0) is 0 Å². The summed E-state index contributed by atoms with van der Waals surface area (Å²) in [6, 6.07) is 0. The summed E-state index contributed by atoms with van der Waals surface area (Å²) in [4.78, 5) is 0. The minimum absolute atomic E-state index is 0.632. The summed E-state index contributed by atoms with van der Waals surface area (Å²) < 4.78 is 0. The molecule has 0 heterocycles. The highest BCUT2D eigenvalue weighted by Gasteiger charge is 2.20. The zero-order valence-electron chi connectivity index (χ0n) is 6.54. The number of rotatable bonds is 3. The van der Waals surface area contributed by atoms with Crippen molar-refractivity contribution in [2.24, 2.45) is 0 Å². The van der Waals surface area contributed by atoms with Gasteiger partial charge in [0.25, 0.3) is 0 Å². The summed E-state index contributed by atoms with van der Waals surface area (Å²) in [5.41, 5.74) is -1.05. The van der Waals surface area contributed by atoms with Crippen LogP contribution in [0.2, 0.25) is 0 Å². The third-order valence-corrected chi connectivity index (χ3v) is 1.21. The molecule has 0 aromatic carbocycles. The molecule has 0 aliphatic heterocycles. The van der Waals surface area contributed by atoms with Gasteiger partial charge in [-0.2, -0.15) is 0 Å². The number of hydrogen-bond acceptors (Lipinski definition) is 2. The van der Waals surface area contributed by atoms with Crippen molar-refractivity contribution in [3.63, 3.8) is 0 Å². The maximum Gasteiger partial charge on any atom is 0.100 e. The Morgan fingerprint density at radius 3 is 2.40 bits per heavy atom. The highest BCUT2D eigenvalue weighted by Crippen LogP contribution is 2.08. The van der Waals surface area contributed by atoms with Crippen LogP contribution in [0.15, 0.2) is 12.2 Å². The fraction of sp³-hybridized carbons (Fsp3) is 0.625. The lowest BCUT2D eigenvalue weighted by Crippen LogP contribution is -2.33. The average Bonchev–Trinajstić information content (AvgIpc) is 1.80. The van der Waals surface area contributed by atoms with Gasteiger partial charge in [-0.1, -0.05) is 12.2 Å². The Morgan fingerprint density at radius 2 is 2.10 bits per heavy atom. The van der Waals surface area contributed by atoms with Crippen LogP contribution in [0.25, 0.3) is 0 Å². The topological polar surface area (TPSA) is 40.5 Å². The number of aliphatic hydroxyl groups excluding tert-OH is 1. The molecule has 0 saturated heterocycles. The molecule has 0 fully saturated rings. The van der Waals surface area contributed by atoms with Gasteiger partial charge in [-0.3, -0.25) is 0 Å². The van der Waals surface area contributed by atoms with E-state index in [-0.39, 0.29) is 0 Å². The van der Waals surface area contributed by atoms with E-state index in [4.69, 9.17) is 5.11 Å². The Hall–Kier alpha value is -0.340. The monoisotopic (exact) mass is 143 g/mol. The maximum atomic E-state index is 9.19. The first kappa shape index (κ1) is 9.66. The van der Waals surface area contributed by atoms with Crippen LogP contribution in [0.5, 0.6) is 0 Å². The molecule has 1 atom stereocenters. The predicted molar refractivity (Wildman–Crippen MR) is 41.4 cm³/mol. The SMILES string of the molecule is [CH2]CC=CC(O)C(C)(C)O. The first-order chi connectivity index (χ1) is 4.48. The van der Waals surface area contributed by atoms with Gasteiger partial charge in [-0.05, 0) is 27.2 Å². The highest BCUT2D eigenvalue weighted by molar-refractivity contribution is 4.96. The molecule has 0 spiro atoms. The smallest absolute Gasteiger partial charge is 0.100 e. The minimum Gasteiger partial charge on any atom is -0.387 e. The van der Waals surface area contributed by atoms with Crippen molar-refractivity contribution >= 4 is 0 Å². The summed E-state index contributed by atoms with van der Waals surface area (Å²) >= 11 is 0. The quantitative estimate of drug-likeness (QED) is 0.576. The van der Waals surface area contributed by atoms with Crippen molar-refractivity contribution in [1.29, 1.82) is 0 Å². The van der Waals surface area contributed by atoms with Gasteiger partial charge in [0.05, 0.1) is 5.60 Å². The maximum absolute atomic E-state index is 9.19. The largest absolute Gasteiger partial charge is 0.387 e. The van der Waals surface area contributed by atoms with E-state index in [1.54, 1.807) is 26.0 Å². The van der Waals surface area contributed by atoms with E-state index >= 15 is 0 Å². The Morgan fingerprint density at radius 1 is 1.60 bits per heavy atom. The second kappa shape index (κ2) is 3.74. The van der Waals surface area contributed by atoms with Crippen LogP contribution >= 0.6 is 0 Å². The van der Waals surface area contributed by atoms with Gasteiger partial charge in [0, 0.05) is 0 Å². The summed E-state index contributed by atoms with van der Waals surface area (Å²) in [6.45, 7) is 6.68. The summed E-state index contributed by atoms with van der Waals surface area (Å²) in [5.74, 6) is 0. The van der Waals surface area contributed by atoms with Gasteiger partial charge in [0.2, 0.25) is 0 Å². The third kappa shape index (κ3) is 3.64. The Balaban J connectivity index is 3.84. The molecule has 1 unspecified atom stereocenters. The van der Waals surface area contributed by atoms with Gasteiger partial charge in [0.1, 0.15) is 6.10 Å². The number of hydrogen-bond donors (Lipinski definition) is 2. The molecule has 0 aliphatic rings. The normalized spacial score (nSPS) is 16.1. The molecule has 0 aliphatic carbocycles. The van der Waals surface area contributed by atoms with E-state index in [1.165, 1.54) is 0 Å². The Labute approximate surface area is 62.2 Å². The first-order valence-electron chi connectivity index (χ1n) is 3.35. The van der Waals surface area contributed by atoms with Crippen LogP contribution in [-0.4, -0.2) is 21.9 Å². The van der Waals surface area contributed by atoms with E-state index in [1.807, 2.05) is 0 Å². The van der Waals surface area contributed by atoms with Crippen molar-refractivity contribution < 1.29 is 10.2 Å². The van der Waals surface area contributed by atoms with Gasteiger partial charge < -0.3 is 10.2 Å². The summed E-state index contributed by atoms with van der Waals surface area (Å²) in [7, 11) is 0. The fourth-order valence-electron chi connectivity index (χ4n) is 0.461.